The molecule has 16 heavy (non-hydrogen) atoms. The fourth-order valence-corrected chi connectivity index (χ4v) is 1.04. The number of nitrogens with zero attached hydrogens (tertiary/aromatic N) is 1. The van der Waals surface area contributed by atoms with Crippen molar-refractivity contribution in [1.82, 2.24) is 0 Å². The van der Waals surface area contributed by atoms with Gasteiger partial charge >= 0.3 is 0 Å². The Bertz CT molecular complexity index is 432. The van der Waals surface area contributed by atoms with Crippen molar-refractivity contribution in [2.75, 3.05) is 11.1 Å². The third-order valence-corrected chi connectivity index (χ3v) is 1.77. The molecule has 0 saturated heterocycles. The number of benzene rings is 2. The molecule has 80 valence electrons. The van der Waals surface area contributed by atoms with E-state index >= 15 is 0 Å². The van der Waals surface area contributed by atoms with Gasteiger partial charge in [-0.05, 0) is 24.3 Å². The first-order valence-electron chi connectivity index (χ1n) is 4.83. The maximum atomic E-state index is 8.16. The van der Waals surface area contributed by atoms with Crippen LogP contribution >= 0.6 is 0 Å². The predicted octanol–water partition coefficient (Wildman–Crippen LogP) is 2.85. The second-order valence-corrected chi connectivity index (χ2v) is 3.01. The number of para-hydroxylation sites is 2. The zero-order chi connectivity index (χ0) is 11.6. The summed E-state index contributed by atoms with van der Waals surface area (Å²) in [5.74, 6) is 0. The van der Waals surface area contributed by atoms with Crippen molar-refractivity contribution < 1.29 is 0 Å². The van der Waals surface area contributed by atoms with Crippen molar-refractivity contribution >= 4 is 11.4 Å². The van der Waals surface area contributed by atoms with Gasteiger partial charge in [0.25, 0.3) is 0 Å². The Labute approximate surface area is 95.1 Å². The first-order chi connectivity index (χ1) is 7.83. The topological polar surface area (TPSA) is 61.8 Å². The lowest BCUT2D eigenvalue weighted by molar-refractivity contribution is 1.47. The van der Waals surface area contributed by atoms with Crippen molar-refractivity contribution in [2.24, 2.45) is 0 Å². The first kappa shape index (κ1) is 11.6. The Morgan fingerprint density at radius 3 is 1.75 bits per heavy atom. The lowest BCUT2D eigenvalue weighted by atomic mass is 10.3. The molecule has 0 radical (unpaired) electrons. The van der Waals surface area contributed by atoms with Gasteiger partial charge in [0.15, 0.2) is 6.19 Å². The quantitative estimate of drug-likeness (QED) is 0.433. The molecule has 0 atom stereocenters. The summed E-state index contributed by atoms with van der Waals surface area (Å²) in [7, 11) is 0. The minimum absolute atomic E-state index is 0.822. The molecule has 3 N–H and O–H groups in total. The summed E-state index contributed by atoms with van der Waals surface area (Å²) in [6, 6.07) is 18.8. The lowest BCUT2D eigenvalue weighted by Crippen LogP contribution is -1.83. The number of anilines is 2. The molecule has 0 saturated carbocycles. The highest BCUT2D eigenvalue weighted by Gasteiger charge is 1.81. The van der Waals surface area contributed by atoms with E-state index in [2.05, 4.69) is 5.32 Å². The summed E-state index contributed by atoms with van der Waals surface area (Å²) < 4.78 is 0. The average molecular weight is 211 g/mol. The van der Waals surface area contributed by atoms with Gasteiger partial charge in [-0.3, -0.25) is 5.32 Å². The summed E-state index contributed by atoms with van der Waals surface area (Å²) in [6.07, 6.45) is 1.83. The summed E-state index contributed by atoms with van der Waals surface area (Å²) >= 11 is 0. The molecule has 3 nitrogen and oxygen atoms in total. The van der Waals surface area contributed by atoms with Crippen LogP contribution in [0.1, 0.15) is 0 Å². The maximum Gasteiger partial charge on any atom is 0.181 e. The number of hydrogen-bond acceptors (Lipinski definition) is 3. The van der Waals surface area contributed by atoms with Gasteiger partial charge in [0.2, 0.25) is 0 Å². The van der Waals surface area contributed by atoms with Gasteiger partial charge < -0.3 is 5.73 Å². The van der Waals surface area contributed by atoms with E-state index in [1.807, 2.05) is 66.9 Å². The lowest BCUT2D eigenvalue weighted by Gasteiger charge is -1.91. The molecule has 0 aromatic heterocycles. The standard InChI is InChI=1S/C7H6N2.C6H7N/c8-6-9-7-4-2-1-3-5-7;7-6-4-2-1-3-5-6/h1-5,9H;1-5H,7H2. The number of rotatable bonds is 1. The summed E-state index contributed by atoms with van der Waals surface area (Å²) in [6.45, 7) is 0. The van der Waals surface area contributed by atoms with Gasteiger partial charge in [0.1, 0.15) is 0 Å². The Morgan fingerprint density at radius 1 is 0.875 bits per heavy atom. The van der Waals surface area contributed by atoms with Crippen molar-refractivity contribution in [3.05, 3.63) is 60.7 Å². The van der Waals surface area contributed by atoms with Gasteiger partial charge in [-0.1, -0.05) is 36.4 Å². The predicted molar refractivity (Wildman–Crippen MR) is 66.5 cm³/mol. The molecule has 0 amide bonds. The second kappa shape index (κ2) is 6.91. The van der Waals surface area contributed by atoms with Crippen LogP contribution in [0.15, 0.2) is 60.7 Å². The van der Waals surface area contributed by atoms with E-state index in [0.717, 1.165) is 11.4 Å². The maximum absolute atomic E-state index is 8.16. The van der Waals surface area contributed by atoms with Crippen LogP contribution in [0.25, 0.3) is 0 Å². The fourth-order valence-electron chi connectivity index (χ4n) is 1.04. The van der Waals surface area contributed by atoms with E-state index in [0.29, 0.717) is 0 Å². The molecule has 0 aliphatic heterocycles. The normalized spacial score (nSPS) is 8.19. The van der Waals surface area contributed by atoms with Crippen LogP contribution in [0.2, 0.25) is 0 Å². The molecular formula is C13H13N3. The van der Waals surface area contributed by atoms with Crippen LogP contribution in [-0.2, 0) is 0 Å². The van der Waals surface area contributed by atoms with Crippen LogP contribution in [0.5, 0.6) is 0 Å². The Morgan fingerprint density at radius 2 is 1.38 bits per heavy atom. The molecule has 3 heteroatoms. The van der Waals surface area contributed by atoms with Crippen molar-refractivity contribution in [2.45, 2.75) is 0 Å². The first-order valence-corrected chi connectivity index (χ1v) is 4.83. The van der Waals surface area contributed by atoms with E-state index in [1.165, 1.54) is 0 Å². The summed E-state index contributed by atoms with van der Waals surface area (Å²) in [4.78, 5) is 0. The van der Waals surface area contributed by atoms with Crippen molar-refractivity contribution in [1.29, 1.82) is 5.26 Å². The number of nitrogens with one attached hydrogen (secondary N) is 1. The molecular weight excluding hydrogens is 198 g/mol. The second-order valence-electron chi connectivity index (χ2n) is 3.01. The molecule has 0 bridgehead atoms. The number of nitrogens with two attached hydrogens (primary N) is 1. The van der Waals surface area contributed by atoms with Crippen LogP contribution in [-0.4, -0.2) is 0 Å². The van der Waals surface area contributed by atoms with Crippen LogP contribution < -0.4 is 11.1 Å². The highest BCUT2D eigenvalue weighted by molar-refractivity contribution is 5.45. The average Bonchev–Trinajstić information content (AvgIpc) is 2.33. The molecule has 0 aliphatic carbocycles. The summed E-state index contributed by atoms with van der Waals surface area (Å²) in [5, 5.41) is 10.7. The number of hydrogen-bond donors (Lipinski definition) is 2. The molecule has 0 unspecified atom stereocenters. The monoisotopic (exact) mass is 211 g/mol. The number of nitrogen functional groups attached to an aromatic ring is 1. The SMILES string of the molecule is N#CNc1ccccc1.Nc1ccccc1. The number of nitriles is 1. The highest BCUT2D eigenvalue weighted by Crippen LogP contribution is 2.02. The van der Waals surface area contributed by atoms with Crippen LogP contribution in [0.4, 0.5) is 11.4 Å². The van der Waals surface area contributed by atoms with E-state index in [9.17, 15) is 0 Å². The van der Waals surface area contributed by atoms with E-state index in [1.54, 1.807) is 0 Å². The molecule has 2 aromatic rings. The van der Waals surface area contributed by atoms with E-state index in [4.69, 9.17) is 11.0 Å². The molecule has 0 aliphatic rings. The van der Waals surface area contributed by atoms with Crippen molar-refractivity contribution in [3.63, 3.8) is 0 Å². The Hall–Kier alpha value is -2.47. The molecule has 0 fully saturated rings. The summed E-state index contributed by atoms with van der Waals surface area (Å²) in [5.41, 5.74) is 7.01. The van der Waals surface area contributed by atoms with Gasteiger partial charge in [-0.2, -0.15) is 5.26 Å². The Balaban J connectivity index is 0.000000165. The largest absolute Gasteiger partial charge is 0.399 e. The van der Waals surface area contributed by atoms with Gasteiger partial charge in [-0.15, -0.1) is 0 Å². The fraction of sp³-hybridized carbons (Fsp3) is 0. The van der Waals surface area contributed by atoms with Crippen molar-refractivity contribution in [3.8, 4) is 6.19 Å². The van der Waals surface area contributed by atoms with E-state index in [-0.39, 0.29) is 0 Å². The molecule has 0 heterocycles. The third kappa shape index (κ3) is 4.68. The zero-order valence-corrected chi connectivity index (χ0v) is 8.80. The highest BCUT2D eigenvalue weighted by atomic mass is 14.9. The van der Waals surface area contributed by atoms with Crippen LogP contribution in [0, 0.1) is 11.5 Å². The van der Waals surface area contributed by atoms with E-state index < -0.39 is 0 Å². The minimum atomic E-state index is 0.822. The molecule has 2 aromatic carbocycles. The molecule has 2 rings (SSSR count). The third-order valence-electron chi connectivity index (χ3n) is 1.77. The van der Waals surface area contributed by atoms with Crippen LogP contribution in [0.3, 0.4) is 0 Å². The van der Waals surface area contributed by atoms with Gasteiger partial charge in [0, 0.05) is 11.4 Å². The minimum Gasteiger partial charge on any atom is -0.399 e. The molecule has 0 spiro atoms. The zero-order valence-electron chi connectivity index (χ0n) is 8.80. The Kier molecular flexibility index (Phi) is 5.01. The van der Waals surface area contributed by atoms with Gasteiger partial charge in [0.05, 0.1) is 0 Å². The van der Waals surface area contributed by atoms with Gasteiger partial charge in [-0.25, -0.2) is 0 Å². The smallest absolute Gasteiger partial charge is 0.181 e.